The molecule has 2 amide bonds. The van der Waals surface area contributed by atoms with Gasteiger partial charge in [-0.1, -0.05) is 0 Å². The van der Waals surface area contributed by atoms with Gasteiger partial charge in [0.05, 0.1) is 12.6 Å². The molecule has 148 valence electrons. The molecular weight excluding hydrogens is 360 g/mol. The molecule has 0 unspecified atom stereocenters. The largest absolute Gasteiger partial charge is 0.342 e. The van der Waals surface area contributed by atoms with E-state index in [1.807, 2.05) is 16.7 Å². The zero-order valence-corrected chi connectivity index (χ0v) is 17.0. The minimum atomic E-state index is -0.0818. The first-order chi connectivity index (χ1) is 13.1. The standard InChI is InChI=1S/C20H30N4O2S/c1-16(20(26)24-8-4-18-17(14-24)5-13-27-18)22-11-9-21(10-12-22)15-19(25)23-6-2-3-7-23/h5,13,16H,2-4,6-12,14-15H2,1H3/t16-/m0/s1. The topological polar surface area (TPSA) is 47.1 Å². The lowest BCUT2D eigenvalue weighted by Crippen LogP contribution is -2.56. The number of carbonyl (C=O) groups excluding carboxylic acids is 2. The lowest BCUT2D eigenvalue weighted by atomic mass is 10.1. The highest BCUT2D eigenvalue weighted by Crippen LogP contribution is 2.25. The smallest absolute Gasteiger partial charge is 0.239 e. The minimum absolute atomic E-state index is 0.0818. The van der Waals surface area contributed by atoms with Crippen LogP contribution in [0.5, 0.6) is 0 Å². The third-order valence-corrected chi connectivity index (χ3v) is 7.27. The molecule has 27 heavy (non-hydrogen) atoms. The van der Waals surface area contributed by atoms with Crippen molar-refractivity contribution < 1.29 is 9.59 Å². The molecule has 0 aliphatic carbocycles. The van der Waals surface area contributed by atoms with E-state index in [-0.39, 0.29) is 17.9 Å². The van der Waals surface area contributed by atoms with Crippen molar-refractivity contribution in [3.05, 3.63) is 21.9 Å². The quantitative estimate of drug-likeness (QED) is 0.777. The second kappa shape index (κ2) is 8.29. The second-order valence-electron chi connectivity index (χ2n) is 7.95. The fourth-order valence-electron chi connectivity index (χ4n) is 4.42. The van der Waals surface area contributed by atoms with E-state index in [1.165, 1.54) is 10.4 Å². The number of fused-ring (bicyclic) bond motifs is 1. The lowest BCUT2D eigenvalue weighted by Gasteiger charge is -2.39. The van der Waals surface area contributed by atoms with E-state index in [0.29, 0.717) is 6.54 Å². The summed E-state index contributed by atoms with van der Waals surface area (Å²) in [6.07, 6.45) is 3.27. The zero-order chi connectivity index (χ0) is 18.8. The monoisotopic (exact) mass is 390 g/mol. The number of nitrogens with zero attached hydrogens (tertiary/aromatic N) is 4. The van der Waals surface area contributed by atoms with Crippen molar-refractivity contribution in [2.24, 2.45) is 0 Å². The van der Waals surface area contributed by atoms with Gasteiger partial charge in [-0.15, -0.1) is 11.3 Å². The van der Waals surface area contributed by atoms with Crippen molar-refractivity contribution in [1.29, 1.82) is 0 Å². The summed E-state index contributed by atoms with van der Waals surface area (Å²) in [5, 5.41) is 2.13. The Morgan fingerprint density at radius 2 is 1.78 bits per heavy atom. The molecule has 3 aliphatic heterocycles. The van der Waals surface area contributed by atoms with Crippen LogP contribution in [0.1, 0.15) is 30.2 Å². The minimum Gasteiger partial charge on any atom is -0.342 e. The van der Waals surface area contributed by atoms with Crippen LogP contribution in [0.25, 0.3) is 0 Å². The van der Waals surface area contributed by atoms with Crippen molar-refractivity contribution >= 4 is 23.2 Å². The molecule has 1 aromatic heterocycles. The summed E-state index contributed by atoms with van der Waals surface area (Å²) in [5.74, 6) is 0.512. The molecule has 4 heterocycles. The number of piperazine rings is 1. The summed E-state index contributed by atoms with van der Waals surface area (Å²) in [5.41, 5.74) is 1.32. The molecule has 4 rings (SSSR count). The molecule has 0 radical (unpaired) electrons. The number of hydrogen-bond acceptors (Lipinski definition) is 5. The van der Waals surface area contributed by atoms with E-state index in [9.17, 15) is 9.59 Å². The molecule has 1 aromatic rings. The maximum atomic E-state index is 13.0. The van der Waals surface area contributed by atoms with E-state index in [1.54, 1.807) is 11.3 Å². The van der Waals surface area contributed by atoms with Crippen LogP contribution >= 0.6 is 11.3 Å². The highest BCUT2D eigenvalue weighted by molar-refractivity contribution is 7.10. The first-order valence-corrected chi connectivity index (χ1v) is 11.1. The predicted octanol–water partition coefficient (Wildman–Crippen LogP) is 1.26. The van der Waals surface area contributed by atoms with E-state index >= 15 is 0 Å². The van der Waals surface area contributed by atoms with Gasteiger partial charge in [-0.2, -0.15) is 0 Å². The fraction of sp³-hybridized carbons (Fsp3) is 0.700. The summed E-state index contributed by atoms with van der Waals surface area (Å²) in [6, 6.07) is 2.07. The molecule has 1 atom stereocenters. The first kappa shape index (κ1) is 18.9. The summed E-state index contributed by atoms with van der Waals surface area (Å²) in [4.78, 5) is 35.3. The number of rotatable bonds is 4. The van der Waals surface area contributed by atoms with Gasteiger partial charge < -0.3 is 9.80 Å². The molecule has 3 aliphatic rings. The van der Waals surface area contributed by atoms with Gasteiger partial charge in [0.25, 0.3) is 0 Å². The van der Waals surface area contributed by atoms with Gasteiger partial charge in [0.1, 0.15) is 0 Å². The summed E-state index contributed by atoms with van der Waals surface area (Å²) < 4.78 is 0. The third kappa shape index (κ3) is 4.20. The van der Waals surface area contributed by atoms with Crippen molar-refractivity contribution in [3.63, 3.8) is 0 Å². The van der Waals surface area contributed by atoms with Gasteiger partial charge in [-0.05, 0) is 43.2 Å². The molecule has 2 fully saturated rings. The average molecular weight is 391 g/mol. The van der Waals surface area contributed by atoms with Crippen LogP contribution < -0.4 is 0 Å². The van der Waals surface area contributed by atoms with Crippen LogP contribution in [0.3, 0.4) is 0 Å². The average Bonchev–Trinajstić information content (AvgIpc) is 3.38. The van der Waals surface area contributed by atoms with Gasteiger partial charge in [-0.3, -0.25) is 19.4 Å². The molecule has 0 N–H and O–H groups in total. The molecule has 0 bridgehead atoms. The maximum absolute atomic E-state index is 13.0. The van der Waals surface area contributed by atoms with Gasteiger partial charge in [0.2, 0.25) is 11.8 Å². The van der Waals surface area contributed by atoms with Gasteiger partial charge in [0.15, 0.2) is 0 Å². The van der Waals surface area contributed by atoms with Gasteiger partial charge >= 0.3 is 0 Å². The fourth-order valence-corrected chi connectivity index (χ4v) is 5.31. The van der Waals surface area contributed by atoms with Crippen LogP contribution in [-0.2, 0) is 22.6 Å². The van der Waals surface area contributed by atoms with Crippen molar-refractivity contribution in [2.75, 3.05) is 52.4 Å². The highest BCUT2D eigenvalue weighted by Gasteiger charge is 2.31. The second-order valence-corrected chi connectivity index (χ2v) is 8.96. The Hall–Kier alpha value is -1.44. The molecule has 6 nitrogen and oxygen atoms in total. The molecule has 7 heteroatoms. The van der Waals surface area contributed by atoms with Crippen molar-refractivity contribution in [3.8, 4) is 0 Å². The normalized spacial score (nSPS) is 22.7. The van der Waals surface area contributed by atoms with Gasteiger partial charge in [-0.25, -0.2) is 0 Å². The van der Waals surface area contributed by atoms with Crippen LogP contribution in [0.4, 0.5) is 0 Å². The Morgan fingerprint density at radius 1 is 1.04 bits per heavy atom. The van der Waals surface area contributed by atoms with E-state index < -0.39 is 0 Å². The zero-order valence-electron chi connectivity index (χ0n) is 16.2. The van der Waals surface area contributed by atoms with Crippen LogP contribution in [0.15, 0.2) is 11.4 Å². The highest BCUT2D eigenvalue weighted by atomic mass is 32.1. The molecule has 0 spiro atoms. The van der Waals surface area contributed by atoms with Crippen LogP contribution in [0, 0.1) is 0 Å². The Balaban J connectivity index is 1.25. The van der Waals surface area contributed by atoms with Crippen LogP contribution in [0.2, 0.25) is 0 Å². The Bertz CT molecular complexity index is 677. The summed E-state index contributed by atoms with van der Waals surface area (Å²) >= 11 is 1.80. The molecular formula is C20H30N4O2S. The van der Waals surface area contributed by atoms with Gasteiger partial charge in [0, 0.05) is 57.2 Å². The molecule has 0 saturated carbocycles. The summed E-state index contributed by atoms with van der Waals surface area (Å²) in [6.45, 7) is 9.46. The number of likely N-dealkylation sites (tertiary alicyclic amines) is 1. The number of thiophene rings is 1. The van der Waals surface area contributed by atoms with Crippen molar-refractivity contribution in [1.82, 2.24) is 19.6 Å². The van der Waals surface area contributed by atoms with E-state index in [2.05, 4.69) is 21.2 Å². The number of amides is 2. The first-order valence-electron chi connectivity index (χ1n) is 10.2. The Kier molecular flexibility index (Phi) is 5.80. The number of hydrogen-bond donors (Lipinski definition) is 0. The Morgan fingerprint density at radius 3 is 2.52 bits per heavy atom. The third-order valence-electron chi connectivity index (χ3n) is 6.25. The lowest BCUT2D eigenvalue weighted by molar-refractivity contribution is -0.139. The SMILES string of the molecule is C[C@@H](C(=O)N1CCc2sccc2C1)N1CCN(CC(=O)N2CCCC2)CC1. The molecule has 0 aromatic carbocycles. The predicted molar refractivity (Wildman–Crippen MR) is 107 cm³/mol. The number of carbonyl (C=O) groups is 2. The maximum Gasteiger partial charge on any atom is 0.239 e. The Labute approximate surface area is 165 Å². The van der Waals surface area contributed by atoms with Crippen LogP contribution in [-0.4, -0.2) is 89.8 Å². The summed E-state index contributed by atoms with van der Waals surface area (Å²) in [7, 11) is 0. The van der Waals surface area contributed by atoms with E-state index in [4.69, 9.17) is 0 Å². The van der Waals surface area contributed by atoms with E-state index in [0.717, 1.165) is 71.6 Å². The van der Waals surface area contributed by atoms with Crippen molar-refractivity contribution in [2.45, 2.75) is 38.8 Å². The molecule has 2 saturated heterocycles.